The van der Waals surface area contributed by atoms with Gasteiger partial charge in [-0.15, -0.1) is 0 Å². The second kappa shape index (κ2) is 13.0. The molecule has 4 aromatic rings. The second-order valence-electron chi connectivity index (χ2n) is 10.3. The van der Waals surface area contributed by atoms with Crippen molar-refractivity contribution < 1.29 is 33.4 Å². The number of anilines is 2. The average molecular weight is 680 g/mol. The van der Waals surface area contributed by atoms with E-state index in [0.29, 0.717) is 48.9 Å². The number of hydrogen-bond donors (Lipinski definition) is 2. The molecule has 1 aromatic heterocycles. The molecule has 2 aliphatic heterocycles. The molecule has 11 nitrogen and oxygen atoms in total. The summed E-state index contributed by atoms with van der Waals surface area (Å²) in [6.45, 7) is 1.62. The van der Waals surface area contributed by atoms with Gasteiger partial charge in [-0.2, -0.15) is 0 Å². The second-order valence-corrected chi connectivity index (χ2v) is 12.9. The van der Waals surface area contributed by atoms with E-state index >= 15 is 0 Å². The number of thioether (sulfide) groups is 1. The van der Waals surface area contributed by atoms with Crippen LogP contribution in [0.5, 0.6) is 11.5 Å². The molecule has 3 atom stereocenters. The largest absolute Gasteiger partial charge is 0.493 e. The third-order valence-electron chi connectivity index (χ3n) is 7.49. The molecule has 0 bridgehead atoms. The maximum Gasteiger partial charge on any atom is 0.338 e. The van der Waals surface area contributed by atoms with E-state index in [4.69, 9.17) is 25.8 Å². The first kappa shape index (κ1) is 31.4. The molecule has 14 heteroatoms. The fourth-order valence-electron chi connectivity index (χ4n) is 5.46. The Labute approximate surface area is 275 Å². The molecule has 236 valence electrons. The van der Waals surface area contributed by atoms with Crippen LogP contribution in [0.3, 0.4) is 0 Å². The van der Waals surface area contributed by atoms with Crippen LogP contribution in [0.15, 0.2) is 76.6 Å². The minimum atomic E-state index is -0.831. The molecule has 0 aliphatic carbocycles. The molecule has 0 spiro atoms. The van der Waals surface area contributed by atoms with Crippen molar-refractivity contribution in [3.63, 3.8) is 0 Å². The summed E-state index contributed by atoms with van der Waals surface area (Å²) in [5.74, 6) is -2.64. The molecule has 1 fully saturated rings. The first-order valence-electron chi connectivity index (χ1n) is 14.1. The summed E-state index contributed by atoms with van der Waals surface area (Å²) in [6.07, 6.45) is 0. The number of thiazole rings is 1. The molecule has 3 amide bonds. The lowest BCUT2D eigenvalue weighted by atomic mass is 9.83. The van der Waals surface area contributed by atoms with Gasteiger partial charge in [-0.3, -0.25) is 19.2 Å². The number of fused-ring (bicyclic) bond motifs is 2. The summed E-state index contributed by atoms with van der Waals surface area (Å²) in [5, 5.41) is 2.99. The average Bonchev–Trinajstić information content (AvgIpc) is 3.55. The van der Waals surface area contributed by atoms with E-state index in [1.54, 1.807) is 49.4 Å². The minimum Gasteiger partial charge on any atom is -0.493 e. The van der Waals surface area contributed by atoms with Crippen molar-refractivity contribution >= 4 is 69.8 Å². The number of nitrogens with one attached hydrogen (secondary N) is 2. The maximum atomic E-state index is 14.0. The van der Waals surface area contributed by atoms with Crippen LogP contribution >= 0.6 is 34.7 Å². The summed E-state index contributed by atoms with van der Waals surface area (Å²) in [6, 6.07) is 17.8. The Morgan fingerprint density at radius 2 is 1.72 bits per heavy atom. The lowest BCUT2D eigenvalue weighted by molar-refractivity contribution is -0.122. The quantitative estimate of drug-likeness (QED) is 0.183. The number of methoxy groups -OCH3 is 1. The van der Waals surface area contributed by atoms with Gasteiger partial charge in [-0.1, -0.05) is 40.8 Å². The first-order chi connectivity index (χ1) is 22.2. The van der Waals surface area contributed by atoms with E-state index in [1.807, 2.05) is 0 Å². The van der Waals surface area contributed by atoms with Crippen molar-refractivity contribution in [3.8, 4) is 11.5 Å². The van der Waals surface area contributed by atoms with Crippen molar-refractivity contribution in [2.24, 2.45) is 5.92 Å². The molecule has 2 unspecified atom stereocenters. The number of benzene rings is 3. The molecule has 3 heterocycles. The van der Waals surface area contributed by atoms with Crippen LogP contribution in [0.1, 0.15) is 33.6 Å². The zero-order valence-electron chi connectivity index (χ0n) is 24.4. The van der Waals surface area contributed by atoms with E-state index in [2.05, 4.69) is 10.3 Å². The van der Waals surface area contributed by atoms with E-state index < -0.39 is 40.8 Å². The lowest BCUT2D eigenvalue weighted by Gasteiger charge is -2.30. The third kappa shape index (κ3) is 6.00. The molecule has 1 saturated heterocycles. The summed E-state index contributed by atoms with van der Waals surface area (Å²) < 4.78 is 16.4. The third-order valence-corrected chi connectivity index (χ3v) is 10.1. The highest BCUT2D eigenvalue weighted by Gasteiger charge is 2.56. The zero-order chi connectivity index (χ0) is 32.5. The topological polar surface area (TPSA) is 144 Å². The SMILES string of the molecule is CCOC(=O)c1ccc(N2C(=O)C3Sc4[nH]c(=O)sc4[C@H](c4ccc(OCC(=O)Nc5ccc(Cl)cc5)c(OC)c4)C3C2=O)cc1. The fraction of sp³-hybridized carbons (Fsp3) is 0.219. The van der Waals surface area contributed by atoms with Gasteiger partial charge >= 0.3 is 10.8 Å². The first-order valence-corrected chi connectivity index (χ1v) is 16.2. The smallest absolute Gasteiger partial charge is 0.338 e. The highest BCUT2D eigenvalue weighted by atomic mass is 35.5. The maximum absolute atomic E-state index is 14.0. The monoisotopic (exact) mass is 679 g/mol. The van der Waals surface area contributed by atoms with E-state index in [-0.39, 0.29) is 18.1 Å². The molecular weight excluding hydrogens is 654 g/mol. The van der Waals surface area contributed by atoms with Crippen LogP contribution < -0.4 is 24.6 Å². The van der Waals surface area contributed by atoms with Gasteiger partial charge in [0.1, 0.15) is 5.25 Å². The van der Waals surface area contributed by atoms with E-state index in [0.717, 1.165) is 28.0 Å². The number of amides is 3. The zero-order valence-corrected chi connectivity index (χ0v) is 26.8. The molecule has 0 saturated carbocycles. The number of aromatic amines is 1. The Hall–Kier alpha value is -4.59. The number of carbonyl (C=O) groups excluding carboxylic acids is 4. The van der Waals surface area contributed by atoms with E-state index in [9.17, 15) is 24.0 Å². The Bertz CT molecular complexity index is 1890. The molecule has 0 radical (unpaired) electrons. The molecule has 3 aromatic carbocycles. The summed E-state index contributed by atoms with van der Waals surface area (Å²) >= 11 is 8.05. The van der Waals surface area contributed by atoms with Crippen LogP contribution in [0.25, 0.3) is 0 Å². The molecule has 46 heavy (non-hydrogen) atoms. The molecule has 6 rings (SSSR count). The predicted octanol–water partition coefficient (Wildman–Crippen LogP) is 5.09. The number of nitrogens with zero attached hydrogens (tertiary/aromatic N) is 1. The Morgan fingerprint density at radius 1 is 0.978 bits per heavy atom. The van der Waals surface area contributed by atoms with Crippen LogP contribution in [-0.4, -0.2) is 54.2 Å². The Balaban J connectivity index is 1.27. The number of H-pyrrole nitrogens is 1. The van der Waals surface area contributed by atoms with Gasteiger partial charge in [0.15, 0.2) is 18.1 Å². The van der Waals surface area contributed by atoms with Crippen molar-refractivity contribution in [3.05, 3.63) is 97.4 Å². The van der Waals surface area contributed by atoms with Crippen LogP contribution in [0.2, 0.25) is 5.02 Å². The molecular formula is C32H26ClN3O8S2. The van der Waals surface area contributed by atoms with Gasteiger partial charge in [0.2, 0.25) is 11.8 Å². The van der Waals surface area contributed by atoms with Crippen molar-refractivity contribution in [2.75, 3.05) is 30.5 Å². The van der Waals surface area contributed by atoms with Crippen LogP contribution in [0.4, 0.5) is 11.4 Å². The number of hydrogen-bond acceptors (Lipinski definition) is 10. The summed E-state index contributed by atoms with van der Waals surface area (Å²) in [5.41, 5.74) is 1.81. The highest BCUT2D eigenvalue weighted by molar-refractivity contribution is 8.00. The highest BCUT2D eigenvalue weighted by Crippen LogP contribution is 2.53. The van der Waals surface area contributed by atoms with Crippen molar-refractivity contribution in [2.45, 2.75) is 23.1 Å². The van der Waals surface area contributed by atoms with Gasteiger partial charge in [-0.25, -0.2) is 9.69 Å². The number of esters is 1. The van der Waals surface area contributed by atoms with E-state index in [1.165, 1.54) is 31.4 Å². The number of halogens is 1. The standard InChI is InChI=1S/C32H26ClN3O8S2/c1-3-43-31(40)16-4-11-20(12-5-16)36-29(38)25-24(26-28(35-32(41)46-26)45-27(25)30(36)39)17-6-13-21(22(14-17)42-2)44-15-23(37)34-19-9-7-18(33)8-10-19/h4-14,24-25,27H,3,15H2,1-2H3,(H,34,37)(H,35,41)/t24-,25?,27?/m1/s1. The molecule has 2 aliphatic rings. The van der Waals surface area contributed by atoms with Crippen molar-refractivity contribution in [1.29, 1.82) is 0 Å². The minimum absolute atomic E-state index is 0.218. The predicted molar refractivity (Wildman–Crippen MR) is 173 cm³/mol. The van der Waals surface area contributed by atoms with Gasteiger partial charge < -0.3 is 24.5 Å². The fourth-order valence-corrected chi connectivity index (χ4v) is 8.10. The number of aromatic nitrogens is 1. The summed E-state index contributed by atoms with van der Waals surface area (Å²) in [7, 11) is 1.45. The Morgan fingerprint density at radius 3 is 2.41 bits per heavy atom. The van der Waals surface area contributed by atoms with Gasteiger partial charge in [0, 0.05) is 21.5 Å². The van der Waals surface area contributed by atoms with Gasteiger partial charge in [0.25, 0.3) is 5.91 Å². The number of carbonyl (C=O) groups is 4. The summed E-state index contributed by atoms with van der Waals surface area (Å²) in [4.78, 5) is 69.2. The number of imide groups is 1. The van der Waals surface area contributed by atoms with Crippen LogP contribution in [0, 0.1) is 5.92 Å². The lowest BCUT2D eigenvalue weighted by Crippen LogP contribution is -2.32. The number of rotatable bonds is 9. The van der Waals surface area contributed by atoms with Crippen molar-refractivity contribution in [1.82, 2.24) is 4.98 Å². The normalized spacial score (nSPS) is 18.5. The Kier molecular flexibility index (Phi) is 8.89. The van der Waals surface area contributed by atoms with Gasteiger partial charge in [-0.05, 0) is 73.2 Å². The molecule has 2 N–H and O–H groups in total. The van der Waals surface area contributed by atoms with Crippen LogP contribution in [-0.2, 0) is 19.1 Å². The number of ether oxygens (including phenoxy) is 3. The van der Waals surface area contributed by atoms with Gasteiger partial charge in [0.05, 0.1) is 35.9 Å².